The van der Waals surface area contributed by atoms with Crippen molar-refractivity contribution in [2.75, 3.05) is 23.9 Å². The molecule has 2 N–H and O–H groups in total. The van der Waals surface area contributed by atoms with Crippen molar-refractivity contribution in [2.45, 2.75) is 19.4 Å². The molecule has 4 rings (SSSR count). The van der Waals surface area contributed by atoms with Crippen LogP contribution in [0.2, 0.25) is 0 Å². The molecule has 8 heteroatoms. The number of thiophene rings is 1. The van der Waals surface area contributed by atoms with Crippen molar-refractivity contribution in [2.24, 2.45) is 0 Å². The molecule has 0 atom stereocenters. The zero-order valence-corrected chi connectivity index (χ0v) is 18.4. The summed E-state index contributed by atoms with van der Waals surface area (Å²) in [6.45, 7) is 0.834. The Morgan fingerprint density at radius 3 is 2.69 bits per heavy atom. The van der Waals surface area contributed by atoms with Gasteiger partial charge in [0.05, 0.1) is 12.0 Å². The van der Waals surface area contributed by atoms with Crippen LogP contribution in [0.3, 0.4) is 0 Å². The third kappa shape index (κ3) is 4.65. The number of para-hydroxylation sites is 1. The summed E-state index contributed by atoms with van der Waals surface area (Å²) in [6, 6.07) is 16.3. The minimum absolute atomic E-state index is 0.0200. The molecule has 1 aromatic heterocycles. The van der Waals surface area contributed by atoms with E-state index >= 15 is 0 Å². The fourth-order valence-corrected chi connectivity index (χ4v) is 4.38. The molecule has 0 saturated heterocycles. The van der Waals surface area contributed by atoms with Crippen molar-refractivity contribution in [3.05, 3.63) is 76.0 Å². The Kier molecular flexibility index (Phi) is 6.51. The first-order chi connectivity index (χ1) is 15.6. The van der Waals surface area contributed by atoms with Gasteiger partial charge >= 0.3 is 11.8 Å². The Hall–Kier alpha value is -3.65. The van der Waals surface area contributed by atoms with Crippen molar-refractivity contribution < 1.29 is 19.1 Å². The minimum atomic E-state index is -0.748. The third-order valence-corrected chi connectivity index (χ3v) is 6.13. The summed E-state index contributed by atoms with van der Waals surface area (Å²) in [4.78, 5) is 39.9. The van der Waals surface area contributed by atoms with Gasteiger partial charge in [-0.25, -0.2) is 0 Å². The van der Waals surface area contributed by atoms with Gasteiger partial charge in [-0.3, -0.25) is 14.4 Å². The first-order valence-electron chi connectivity index (χ1n) is 10.3. The number of hydrogen-bond acceptors (Lipinski definition) is 5. The molecule has 0 saturated carbocycles. The van der Waals surface area contributed by atoms with Crippen LogP contribution in [0.1, 0.15) is 27.2 Å². The number of hydrogen-bond donors (Lipinski definition) is 2. The maximum atomic E-state index is 12.8. The topological polar surface area (TPSA) is 87.7 Å². The van der Waals surface area contributed by atoms with E-state index in [0.717, 1.165) is 29.7 Å². The Morgan fingerprint density at radius 1 is 1.06 bits per heavy atom. The number of anilines is 2. The molecule has 32 heavy (non-hydrogen) atoms. The molecular weight excluding hydrogens is 426 g/mol. The van der Waals surface area contributed by atoms with Gasteiger partial charge in [0.1, 0.15) is 5.75 Å². The highest BCUT2D eigenvalue weighted by atomic mass is 32.1. The molecule has 3 amide bonds. The molecule has 2 aromatic carbocycles. The van der Waals surface area contributed by atoms with Crippen molar-refractivity contribution in [1.29, 1.82) is 0 Å². The molecule has 2 heterocycles. The Balaban J connectivity index is 1.41. The zero-order chi connectivity index (χ0) is 22.5. The Labute approximate surface area is 190 Å². The molecule has 0 radical (unpaired) electrons. The third-order valence-electron chi connectivity index (χ3n) is 5.27. The number of benzene rings is 2. The van der Waals surface area contributed by atoms with Gasteiger partial charge in [0.25, 0.3) is 5.91 Å². The number of nitrogens with zero attached hydrogens (tertiary/aromatic N) is 1. The van der Waals surface area contributed by atoms with Gasteiger partial charge in [-0.2, -0.15) is 0 Å². The number of aryl methyl sites for hydroxylation is 1. The van der Waals surface area contributed by atoms with Crippen LogP contribution in [-0.4, -0.2) is 31.4 Å². The average Bonchev–Trinajstić information content (AvgIpc) is 3.36. The van der Waals surface area contributed by atoms with Crippen LogP contribution in [0.15, 0.2) is 60.0 Å². The smallest absolute Gasteiger partial charge is 0.313 e. The van der Waals surface area contributed by atoms with Crippen LogP contribution in [0, 0.1) is 0 Å². The Bertz CT molecular complexity index is 1140. The largest absolute Gasteiger partial charge is 0.496 e. The SMILES string of the molecule is COc1ccccc1CNC(=O)C(=O)Nc1ccc2c(c1)CCCN2C(=O)c1cccs1. The van der Waals surface area contributed by atoms with Crippen LogP contribution >= 0.6 is 11.3 Å². The van der Waals surface area contributed by atoms with Crippen LogP contribution in [-0.2, 0) is 22.6 Å². The van der Waals surface area contributed by atoms with E-state index in [-0.39, 0.29) is 12.5 Å². The number of ether oxygens (including phenoxy) is 1. The van der Waals surface area contributed by atoms with E-state index in [1.54, 1.807) is 24.1 Å². The zero-order valence-electron chi connectivity index (χ0n) is 17.6. The minimum Gasteiger partial charge on any atom is -0.496 e. The number of nitrogens with one attached hydrogen (secondary N) is 2. The van der Waals surface area contributed by atoms with E-state index in [1.165, 1.54) is 11.3 Å². The van der Waals surface area contributed by atoms with Crippen LogP contribution < -0.4 is 20.3 Å². The summed E-state index contributed by atoms with van der Waals surface area (Å²) in [6.07, 6.45) is 1.63. The van der Waals surface area contributed by atoms with Crippen LogP contribution in [0.25, 0.3) is 0 Å². The van der Waals surface area contributed by atoms with Gasteiger partial charge in [-0.05, 0) is 54.1 Å². The second-order valence-electron chi connectivity index (χ2n) is 7.33. The standard InChI is InChI=1S/C24H23N3O4S/c1-31-20-8-3-2-6-17(20)15-25-22(28)23(29)26-18-10-11-19-16(14-18)7-4-12-27(19)24(30)21-9-5-13-32-21/h2-3,5-6,8-11,13-14H,4,7,12,15H2,1H3,(H,25,28)(H,26,29). The number of carbonyl (C=O) groups is 3. The molecular formula is C24H23N3O4S. The lowest BCUT2D eigenvalue weighted by molar-refractivity contribution is -0.136. The summed E-state index contributed by atoms with van der Waals surface area (Å²) >= 11 is 1.42. The number of carbonyl (C=O) groups excluding carboxylic acids is 3. The molecule has 1 aliphatic rings. The van der Waals surface area contributed by atoms with Crippen LogP contribution in [0.5, 0.6) is 5.75 Å². The molecule has 7 nitrogen and oxygen atoms in total. The van der Waals surface area contributed by atoms with Gasteiger partial charge in [-0.1, -0.05) is 24.3 Å². The second kappa shape index (κ2) is 9.65. The lowest BCUT2D eigenvalue weighted by atomic mass is 10.0. The molecule has 1 aliphatic heterocycles. The van der Waals surface area contributed by atoms with Gasteiger partial charge in [-0.15, -0.1) is 11.3 Å². The molecule has 0 unspecified atom stereocenters. The summed E-state index contributed by atoms with van der Waals surface area (Å²) in [5, 5.41) is 7.14. The van der Waals surface area contributed by atoms with E-state index < -0.39 is 11.8 Å². The fraction of sp³-hybridized carbons (Fsp3) is 0.208. The Morgan fingerprint density at radius 2 is 1.91 bits per heavy atom. The van der Waals surface area contributed by atoms with Gasteiger partial charge in [0, 0.05) is 30.0 Å². The predicted octanol–water partition coefficient (Wildman–Crippen LogP) is 3.60. The fourth-order valence-electron chi connectivity index (χ4n) is 3.71. The van der Waals surface area contributed by atoms with Gasteiger partial charge in [0.2, 0.25) is 0 Å². The molecule has 0 spiro atoms. The normalized spacial score (nSPS) is 12.6. The number of amides is 3. The van der Waals surface area contributed by atoms with Crippen LogP contribution in [0.4, 0.5) is 11.4 Å². The molecule has 3 aromatic rings. The van der Waals surface area contributed by atoms with E-state index in [4.69, 9.17) is 4.74 Å². The highest BCUT2D eigenvalue weighted by molar-refractivity contribution is 7.12. The van der Waals surface area contributed by atoms with E-state index in [2.05, 4.69) is 10.6 Å². The van der Waals surface area contributed by atoms with Gasteiger partial charge < -0.3 is 20.3 Å². The van der Waals surface area contributed by atoms with Crippen molar-refractivity contribution in [1.82, 2.24) is 5.32 Å². The quantitative estimate of drug-likeness (QED) is 0.583. The number of fused-ring (bicyclic) bond motifs is 1. The lowest BCUT2D eigenvalue weighted by Crippen LogP contribution is -2.36. The summed E-state index contributed by atoms with van der Waals surface area (Å²) < 4.78 is 5.26. The summed E-state index contributed by atoms with van der Waals surface area (Å²) in [7, 11) is 1.55. The van der Waals surface area contributed by atoms with Crippen molar-refractivity contribution in [3.63, 3.8) is 0 Å². The number of methoxy groups -OCH3 is 1. The maximum absolute atomic E-state index is 12.8. The van der Waals surface area contributed by atoms with Gasteiger partial charge in [0.15, 0.2) is 0 Å². The van der Waals surface area contributed by atoms with Crippen molar-refractivity contribution in [3.8, 4) is 5.75 Å². The predicted molar refractivity (Wildman–Crippen MR) is 124 cm³/mol. The summed E-state index contributed by atoms with van der Waals surface area (Å²) in [5.74, 6) is -0.858. The summed E-state index contributed by atoms with van der Waals surface area (Å²) in [5.41, 5.74) is 3.11. The van der Waals surface area contributed by atoms with E-state index in [0.29, 0.717) is 22.9 Å². The first-order valence-corrected chi connectivity index (χ1v) is 11.1. The highest BCUT2D eigenvalue weighted by Crippen LogP contribution is 2.31. The highest BCUT2D eigenvalue weighted by Gasteiger charge is 2.25. The monoisotopic (exact) mass is 449 g/mol. The lowest BCUT2D eigenvalue weighted by Gasteiger charge is -2.29. The molecule has 0 aliphatic carbocycles. The van der Waals surface area contributed by atoms with E-state index in [1.807, 2.05) is 47.8 Å². The second-order valence-corrected chi connectivity index (χ2v) is 8.28. The van der Waals surface area contributed by atoms with E-state index in [9.17, 15) is 14.4 Å². The maximum Gasteiger partial charge on any atom is 0.313 e. The molecule has 0 fully saturated rings. The average molecular weight is 450 g/mol. The molecule has 164 valence electrons. The van der Waals surface area contributed by atoms with Crippen molar-refractivity contribution >= 4 is 40.4 Å². The number of rotatable bonds is 5. The molecule has 0 bridgehead atoms. The first kappa shape index (κ1) is 21.6.